The highest BCUT2D eigenvalue weighted by molar-refractivity contribution is 6.07. The lowest BCUT2D eigenvalue weighted by Crippen LogP contribution is -2.49. The van der Waals surface area contributed by atoms with Crippen molar-refractivity contribution in [3.8, 4) is 22.6 Å². The number of nitrogens with one attached hydrogen (secondary N) is 1. The number of carbonyl (C=O) groups is 1. The fraction of sp³-hybridized carbons (Fsp3) is 0.312. The van der Waals surface area contributed by atoms with Gasteiger partial charge in [0.15, 0.2) is 11.4 Å². The fourth-order valence-electron chi connectivity index (χ4n) is 5.25. The van der Waals surface area contributed by atoms with Gasteiger partial charge in [0.05, 0.1) is 17.1 Å². The van der Waals surface area contributed by atoms with E-state index < -0.39 is 23.4 Å². The maximum atomic E-state index is 13.1. The highest BCUT2D eigenvalue weighted by Crippen LogP contribution is 2.37. The second-order valence-corrected chi connectivity index (χ2v) is 10.6. The molecule has 1 aliphatic rings. The van der Waals surface area contributed by atoms with Crippen LogP contribution >= 0.6 is 0 Å². The predicted molar refractivity (Wildman–Crippen MR) is 153 cm³/mol. The zero-order valence-electron chi connectivity index (χ0n) is 23.2. The summed E-state index contributed by atoms with van der Waals surface area (Å²) < 4.78 is 23.3. The van der Waals surface area contributed by atoms with Crippen LogP contribution in [0.2, 0.25) is 0 Å². The van der Waals surface area contributed by atoms with E-state index in [2.05, 4.69) is 5.32 Å². The summed E-state index contributed by atoms with van der Waals surface area (Å²) in [6.45, 7) is 7.64. The van der Waals surface area contributed by atoms with E-state index in [0.717, 1.165) is 23.1 Å². The summed E-state index contributed by atoms with van der Waals surface area (Å²) in [5.41, 5.74) is 2.26. The molecule has 0 saturated carbocycles. The van der Waals surface area contributed by atoms with E-state index in [9.17, 15) is 14.7 Å². The number of methoxy groups -OCH3 is 1. The third kappa shape index (κ3) is 5.20. The van der Waals surface area contributed by atoms with Gasteiger partial charge in [-0.1, -0.05) is 36.4 Å². The zero-order chi connectivity index (χ0) is 28.6. The standard InChI is InChI=1S/C32H33NO7/c1-18-9-6-7-12-22(18)20-10-8-11-21(17-20)30(35)33-27-28(34)23-13-14-24(19(2)29(23)39-31(27)36)38-26-16-15-25(37-5)32(3,4)40-26/h6-14,17,25-26,34H,15-16H2,1-5H3,(H,33,35)/t25-,26-/m1/s1. The molecular weight excluding hydrogens is 510 g/mol. The van der Waals surface area contributed by atoms with Crippen LogP contribution in [0.4, 0.5) is 5.69 Å². The first-order valence-corrected chi connectivity index (χ1v) is 13.2. The van der Waals surface area contributed by atoms with Gasteiger partial charge in [0, 0.05) is 24.7 Å². The Morgan fingerprint density at radius 2 is 1.82 bits per heavy atom. The number of rotatable bonds is 6. The normalized spacial score (nSPS) is 18.4. The van der Waals surface area contributed by atoms with Gasteiger partial charge in [0.1, 0.15) is 11.3 Å². The molecular formula is C32H33NO7. The lowest BCUT2D eigenvalue weighted by atomic mass is 9.94. The molecule has 0 aliphatic carbocycles. The Balaban J connectivity index is 1.40. The van der Waals surface area contributed by atoms with Crippen molar-refractivity contribution in [1.82, 2.24) is 0 Å². The number of fused-ring (bicyclic) bond motifs is 1. The molecule has 40 heavy (non-hydrogen) atoms. The Hall–Kier alpha value is -4.14. The Kier molecular flexibility index (Phi) is 7.40. The van der Waals surface area contributed by atoms with Crippen LogP contribution in [0.3, 0.4) is 0 Å². The number of hydrogen-bond acceptors (Lipinski definition) is 7. The Morgan fingerprint density at radius 3 is 2.55 bits per heavy atom. The van der Waals surface area contributed by atoms with Gasteiger partial charge in [-0.3, -0.25) is 4.79 Å². The second-order valence-electron chi connectivity index (χ2n) is 10.6. The third-order valence-electron chi connectivity index (χ3n) is 7.48. The molecule has 1 aromatic heterocycles. The SMILES string of the molecule is CO[C@@H]1CC[C@H](Oc2ccc3c(O)c(NC(=O)c4cccc(-c5ccccc5C)c4)c(=O)oc3c2C)OC1(C)C. The van der Waals surface area contributed by atoms with Crippen LogP contribution < -0.4 is 15.7 Å². The maximum Gasteiger partial charge on any atom is 0.364 e. The lowest BCUT2D eigenvalue weighted by Gasteiger charge is -2.41. The number of ether oxygens (including phenoxy) is 3. The van der Waals surface area contributed by atoms with Crippen molar-refractivity contribution in [2.45, 2.75) is 58.5 Å². The fourth-order valence-corrected chi connectivity index (χ4v) is 5.25. The van der Waals surface area contributed by atoms with Gasteiger partial charge in [-0.25, -0.2) is 4.79 Å². The average molecular weight is 544 g/mol. The van der Waals surface area contributed by atoms with Gasteiger partial charge in [0.25, 0.3) is 5.91 Å². The molecule has 8 heteroatoms. The van der Waals surface area contributed by atoms with Gasteiger partial charge in [-0.15, -0.1) is 0 Å². The molecule has 5 rings (SSSR count). The van der Waals surface area contributed by atoms with E-state index in [1.165, 1.54) is 0 Å². The van der Waals surface area contributed by atoms with E-state index >= 15 is 0 Å². The Labute approximate surface area is 232 Å². The molecule has 208 valence electrons. The zero-order valence-corrected chi connectivity index (χ0v) is 23.2. The number of amides is 1. The topological polar surface area (TPSA) is 107 Å². The number of hydrogen-bond donors (Lipinski definition) is 2. The second kappa shape index (κ2) is 10.8. The molecule has 2 N–H and O–H groups in total. The molecule has 1 amide bonds. The summed E-state index contributed by atoms with van der Waals surface area (Å²) in [5, 5.41) is 13.8. The number of anilines is 1. The minimum atomic E-state index is -0.869. The molecule has 1 saturated heterocycles. The Bertz CT molecular complexity index is 1640. The van der Waals surface area contributed by atoms with Gasteiger partial charge in [-0.05, 0) is 75.1 Å². The average Bonchev–Trinajstić information content (AvgIpc) is 2.92. The maximum absolute atomic E-state index is 13.1. The van der Waals surface area contributed by atoms with E-state index in [4.69, 9.17) is 18.6 Å². The number of aromatic hydroxyl groups is 1. The first-order valence-electron chi connectivity index (χ1n) is 13.2. The van der Waals surface area contributed by atoms with Crippen LogP contribution in [-0.4, -0.2) is 36.1 Å². The van der Waals surface area contributed by atoms with Crippen LogP contribution in [0.25, 0.3) is 22.1 Å². The molecule has 1 fully saturated rings. The highest BCUT2D eigenvalue weighted by atomic mass is 16.7. The number of benzene rings is 3. The summed E-state index contributed by atoms with van der Waals surface area (Å²) >= 11 is 0. The minimum absolute atomic E-state index is 0.0430. The van der Waals surface area contributed by atoms with Crippen molar-refractivity contribution < 1.29 is 28.5 Å². The van der Waals surface area contributed by atoms with Crippen molar-refractivity contribution >= 4 is 22.6 Å². The van der Waals surface area contributed by atoms with Gasteiger partial charge < -0.3 is 29.1 Å². The lowest BCUT2D eigenvalue weighted by molar-refractivity contribution is -0.233. The largest absolute Gasteiger partial charge is 0.505 e. The summed E-state index contributed by atoms with van der Waals surface area (Å²) in [7, 11) is 1.66. The third-order valence-corrected chi connectivity index (χ3v) is 7.48. The molecule has 0 unspecified atom stereocenters. The van der Waals surface area contributed by atoms with E-state index in [-0.39, 0.29) is 28.5 Å². The molecule has 4 aromatic rings. The van der Waals surface area contributed by atoms with Crippen molar-refractivity contribution in [2.24, 2.45) is 0 Å². The van der Waals surface area contributed by atoms with Crippen LogP contribution in [0.15, 0.2) is 69.9 Å². The molecule has 1 aliphatic heterocycles. The summed E-state index contributed by atoms with van der Waals surface area (Å²) in [4.78, 5) is 26.1. The van der Waals surface area contributed by atoms with Gasteiger partial charge in [0.2, 0.25) is 6.29 Å². The molecule has 8 nitrogen and oxygen atoms in total. The first kappa shape index (κ1) is 27.4. The smallest absolute Gasteiger partial charge is 0.364 e. The summed E-state index contributed by atoms with van der Waals surface area (Å²) in [6.07, 6.45) is 0.850. The van der Waals surface area contributed by atoms with E-state index in [0.29, 0.717) is 23.3 Å². The molecule has 3 aromatic carbocycles. The highest BCUT2D eigenvalue weighted by Gasteiger charge is 2.39. The van der Waals surface area contributed by atoms with Crippen molar-refractivity contribution in [3.63, 3.8) is 0 Å². The summed E-state index contributed by atoms with van der Waals surface area (Å²) in [5.74, 6) is -0.445. The van der Waals surface area contributed by atoms with Gasteiger partial charge in [-0.2, -0.15) is 0 Å². The number of aryl methyl sites for hydroxylation is 2. The van der Waals surface area contributed by atoms with Crippen LogP contribution in [-0.2, 0) is 9.47 Å². The minimum Gasteiger partial charge on any atom is -0.505 e. The van der Waals surface area contributed by atoms with E-state index in [1.54, 1.807) is 44.4 Å². The van der Waals surface area contributed by atoms with Crippen LogP contribution in [0.1, 0.15) is 48.2 Å². The summed E-state index contributed by atoms with van der Waals surface area (Å²) in [6, 6.07) is 18.2. The first-order chi connectivity index (χ1) is 19.1. The van der Waals surface area contributed by atoms with Crippen LogP contribution in [0.5, 0.6) is 11.5 Å². The number of carbonyl (C=O) groups excluding carboxylic acids is 1. The molecule has 2 heterocycles. The predicted octanol–water partition coefficient (Wildman–Crippen LogP) is 6.34. The Morgan fingerprint density at radius 1 is 1.05 bits per heavy atom. The molecule has 0 spiro atoms. The molecule has 0 bridgehead atoms. The van der Waals surface area contributed by atoms with Crippen molar-refractivity contribution in [1.29, 1.82) is 0 Å². The van der Waals surface area contributed by atoms with E-state index in [1.807, 2.05) is 51.1 Å². The van der Waals surface area contributed by atoms with Gasteiger partial charge >= 0.3 is 5.63 Å². The quantitative estimate of drug-likeness (QED) is 0.273. The molecule has 2 atom stereocenters. The van der Waals surface area contributed by atoms with Crippen LogP contribution in [0, 0.1) is 13.8 Å². The van der Waals surface area contributed by atoms with Crippen molar-refractivity contribution in [2.75, 3.05) is 12.4 Å². The molecule has 0 radical (unpaired) electrons. The van der Waals surface area contributed by atoms with Crippen molar-refractivity contribution in [3.05, 3.63) is 87.8 Å². The monoisotopic (exact) mass is 543 g/mol.